The number of hydrogen-bond acceptors (Lipinski definition) is 6. The summed E-state index contributed by atoms with van der Waals surface area (Å²) in [5.74, 6) is 1.46. The predicted octanol–water partition coefficient (Wildman–Crippen LogP) is 3.31. The zero-order chi connectivity index (χ0) is 24.3. The van der Waals surface area contributed by atoms with Crippen LogP contribution in [0.4, 0.5) is 5.69 Å². The lowest BCUT2D eigenvalue weighted by Gasteiger charge is -2.18. The predicted molar refractivity (Wildman–Crippen MR) is 131 cm³/mol. The van der Waals surface area contributed by atoms with Crippen LogP contribution in [0.5, 0.6) is 11.5 Å². The van der Waals surface area contributed by atoms with Crippen LogP contribution in [0.25, 0.3) is 0 Å². The molecule has 0 aliphatic carbocycles. The fourth-order valence-electron chi connectivity index (χ4n) is 4.30. The van der Waals surface area contributed by atoms with Gasteiger partial charge in [-0.05, 0) is 70.0 Å². The molecular formula is C25H33N3O5S. The zero-order valence-corrected chi connectivity index (χ0v) is 20.8. The summed E-state index contributed by atoms with van der Waals surface area (Å²) in [6.07, 6.45) is 2.79. The van der Waals surface area contributed by atoms with Crippen molar-refractivity contribution >= 4 is 21.6 Å². The summed E-state index contributed by atoms with van der Waals surface area (Å²) >= 11 is 0. The van der Waals surface area contributed by atoms with Crippen LogP contribution in [0, 0.1) is 0 Å². The largest absolute Gasteiger partial charge is 0.494 e. The maximum Gasteiger partial charge on any atom is 0.243 e. The molecule has 0 aromatic heterocycles. The molecule has 34 heavy (non-hydrogen) atoms. The number of sulfonamides is 1. The minimum absolute atomic E-state index is 0.147. The van der Waals surface area contributed by atoms with Crippen molar-refractivity contribution in [1.82, 2.24) is 9.62 Å². The second-order valence-electron chi connectivity index (χ2n) is 8.86. The number of rotatable bonds is 9. The Morgan fingerprint density at radius 3 is 2.59 bits per heavy atom. The average Bonchev–Trinajstić information content (AvgIpc) is 3.47. The Bertz CT molecular complexity index is 1130. The normalized spacial score (nSPS) is 18.9. The minimum atomic E-state index is -3.47. The second-order valence-corrected chi connectivity index (χ2v) is 10.8. The van der Waals surface area contributed by atoms with E-state index in [0.717, 1.165) is 41.9 Å². The van der Waals surface area contributed by atoms with Crippen molar-refractivity contribution in [2.75, 3.05) is 25.0 Å². The molecule has 2 unspecified atom stereocenters. The molecule has 8 nitrogen and oxygen atoms in total. The number of anilines is 1. The summed E-state index contributed by atoms with van der Waals surface area (Å²) in [7, 11) is -3.47. The maximum absolute atomic E-state index is 12.7. The summed E-state index contributed by atoms with van der Waals surface area (Å²) in [6.45, 7) is 7.90. The van der Waals surface area contributed by atoms with E-state index in [1.54, 1.807) is 31.2 Å². The number of carbonyl (C=O) groups excluding carboxylic acids is 1. The minimum Gasteiger partial charge on any atom is -0.494 e. The van der Waals surface area contributed by atoms with Crippen molar-refractivity contribution in [2.45, 2.75) is 63.6 Å². The molecule has 4 rings (SSSR count). The van der Waals surface area contributed by atoms with Crippen LogP contribution in [-0.4, -0.2) is 50.5 Å². The number of hydrogen-bond donors (Lipinski definition) is 2. The summed E-state index contributed by atoms with van der Waals surface area (Å²) < 4.78 is 38.5. The highest BCUT2D eigenvalue weighted by atomic mass is 32.2. The van der Waals surface area contributed by atoms with Gasteiger partial charge in [-0.2, -0.15) is 4.31 Å². The Labute approximate surface area is 201 Å². The van der Waals surface area contributed by atoms with Crippen molar-refractivity contribution in [3.63, 3.8) is 0 Å². The topological polar surface area (TPSA) is 97.0 Å². The Morgan fingerprint density at radius 1 is 1.21 bits per heavy atom. The highest BCUT2D eigenvalue weighted by molar-refractivity contribution is 7.89. The van der Waals surface area contributed by atoms with Crippen LogP contribution in [0.2, 0.25) is 0 Å². The standard InChI is InChI=1S/C25H33N3O5S/c1-4-32-23-14-19-13-17(2)33-24(19)15-20(23)16-26-18(3)25(29)27-21-7-9-22(10-8-21)34(30,31)28-11-5-6-12-28/h7-10,14-15,17-18,26H,4-6,11-13,16H2,1-3H3,(H,27,29). The quantitative estimate of drug-likeness (QED) is 0.563. The van der Waals surface area contributed by atoms with Gasteiger partial charge in [0.05, 0.1) is 17.5 Å². The highest BCUT2D eigenvalue weighted by Crippen LogP contribution is 2.35. The van der Waals surface area contributed by atoms with Gasteiger partial charge < -0.3 is 20.1 Å². The van der Waals surface area contributed by atoms with Gasteiger partial charge in [0.1, 0.15) is 17.6 Å². The Kier molecular flexibility index (Phi) is 7.45. The molecular weight excluding hydrogens is 454 g/mol. The number of ether oxygens (including phenoxy) is 2. The smallest absolute Gasteiger partial charge is 0.243 e. The van der Waals surface area contributed by atoms with Crippen molar-refractivity contribution in [3.8, 4) is 11.5 Å². The van der Waals surface area contributed by atoms with Gasteiger partial charge in [0, 0.05) is 42.9 Å². The molecule has 2 aliphatic heterocycles. The first-order valence-electron chi connectivity index (χ1n) is 11.9. The molecule has 0 saturated carbocycles. The van der Waals surface area contributed by atoms with E-state index in [4.69, 9.17) is 9.47 Å². The van der Waals surface area contributed by atoms with Crippen molar-refractivity contribution < 1.29 is 22.7 Å². The van der Waals surface area contributed by atoms with E-state index in [-0.39, 0.29) is 16.9 Å². The summed E-state index contributed by atoms with van der Waals surface area (Å²) in [4.78, 5) is 13.0. The Balaban J connectivity index is 1.36. The molecule has 2 heterocycles. The molecule has 1 fully saturated rings. The Hall–Kier alpha value is -2.62. The molecule has 2 N–H and O–H groups in total. The van der Waals surface area contributed by atoms with E-state index in [0.29, 0.717) is 31.9 Å². The van der Waals surface area contributed by atoms with Crippen LogP contribution in [0.1, 0.15) is 44.7 Å². The van der Waals surface area contributed by atoms with E-state index in [1.807, 2.05) is 26.0 Å². The molecule has 2 atom stereocenters. The van der Waals surface area contributed by atoms with Crippen molar-refractivity contribution in [3.05, 3.63) is 47.5 Å². The average molecular weight is 488 g/mol. The molecule has 2 aromatic rings. The zero-order valence-electron chi connectivity index (χ0n) is 20.0. The van der Waals surface area contributed by atoms with Crippen LogP contribution < -0.4 is 20.1 Å². The lowest BCUT2D eigenvalue weighted by atomic mass is 10.1. The third-order valence-electron chi connectivity index (χ3n) is 6.20. The van der Waals surface area contributed by atoms with E-state index < -0.39 is 16.1 Å². The number of fused-ring (bicyclic) bond motifs is 1. The van der Waals surface area contributed by atoms with Crippen LogP contribution in [-0.2, 0) is 27.8 Å². The first-order valence-corrected chi connectivity index (χ1v) is 13.3. The van der Waals surface area contributed by atoms with E-state index in [2.05, 4.69) is 10.6 Å². The molecule has 0 spiro atoms. The molecule has 1 saturated heterocycles. The number of benzene rings is 2. The Morgan fingerprint density at radius 2 is 1.91 bits per heavy atom. The molecule has 9 heteroatoms. The summed E-state index contributed by atoms with van der Waals surface area (Å²) in [6, 6.07) is 9.88. The first-order chi connectivity index (χ1) is 16.3. The molecule has 2 aliphatic rings. The van der Waals surface area contributed by atoms with Gasteiger partial charge in [-0.25, -0.2) is 8.42 Å². The van der Waals surface area contributed by atoms with Crippen molar-refractivity contribution in [2.24, 2.45) is 0 Å². The van der Waals surface area contributed by atoms with Crippen LogP contribution in [0.3, 0.4) is 0 Å². The van der Waals surface area contributed by atoms with Gasteiger partial charge in [0.25, 0.3) is 0 Å². The number of nitrogens with zero attached hydrogens (tertiary/aromatic N) is 1. The number of nitrogens with one attached hydrogen (secondary N) is 2. The fourth-order valence-corrected chi connectivity index (χ4v) is 5.82. The van der Waals surface area contributed by atoms with Gasteiger partial charge in [-0.3, -0.25) is 4.79 Å². The van der Waals surface area contributed by atoms with Crippen molar-refractivity contribution in [1.29, 1.82) is 0 Å². The van der Waals surface area contributed by atoms with E-state index in [9.17, 15) is 13.2 Å². The molecule has 184 valence electrons. The number of carbonyl (C=O) groups is 1. The van der Waals surface area contributed by atoms with Crippen LogP contribution in [0.15, 0.2) is 41.3 Å². The van der Waals surface area contributed by atoms with Gasteiger partial charge in [0.15, 0.2) is 0 Å². The molecule has 2 aromatic carbocycles. The molecule has 0 bridgehead atoms. The number of amides is 1. The van der Waals surface area contributed by atoms with E-state index >= 15 is 0 Å². The highest BCUT2D eigenvalue weighted by Gasteiger charge is 2.27. The maximum atomic E-state index is 12.7. The second kappa shape index (κ2) is 10.3. The van der Waals surface area contributed by atoms with Gasteiger partial charge in [-0.1, -0.05) is 0 Å². The van der Waals surface area contributed by atoms with Crippen LogP contribution >= 0.6 is 0 Å². The molecule has 1 amide bonds. The van der Waals surface area contributed by atoms with E-state index in [1.165, 1.54) is 4.31 Å². The lowest BCUT2D eigenvalue weighted by Crippen LogP contribution is -2.37. The lowest BCUT2D eigenvalue weighted by molar-refractivity contribution is -0.117. The third-order valence-corrected chi connectivity index (χ3v) is 8.11. The third kappa shape index (κ3) is 5.37. The van der Waals surface area contributed by atoms with Gasteiger partial charge >= 0.3 is 0 Å². The van der Waals surface area contributed by atoms with Gasteiger partial charge in [0.2, 0.25) is 15.9 Å². The molecule has 0 radical (unpaired) electrons. The fraction of sp³-hybridized carbons (Fsp3) is 0.480. The summed E-state index contributed by atoms with van der Waals surface area (Å²) in [5.41, 5.74) is 2.63. The summed E-state index contributed by atoms with van der Waals surface area (Å²) in [5, 5.41) is 6.09. The SMILES string of the molecule is CCOc1cc2c(cc1CNC(C)C(=O)Nc1ccc(S(=O)(=O)N3CCCC3)cc1)OC(C)C2. The monoisotopic (exact) mass is 487 g/mol. The first kappa shape index (κ1) is 24.5. The van der Waals surface area contributed by atoms with Gasteiger partial charge in [-0.15, -0.1) is 0 Å².